The molecule has 0 amide bonds. The van der Waals surface area contributed by atoms with E-state index < -0.39 is 21.9 Å². The molecule has 0 fully saturated rings. The van der Waals surface area contributed by atoms with E-state index in [-0.39, 0.29) is 5.75 Å². The van der Waals surface area contributed by atoms with E-state index in [1.807, 2.05) is 6.07 Å². The Kier molecular flexibility index (Phi) is 5.34. The Morgan fingerprint density at radius 1 is 1.28 bits per heavy atom. The van der Waals surface area contributed by atoms with Crippen molar-refractivity contribution in [2.45, 2.75) is 13.1 Å². The summed E-state index contributed by atoms with van der Waals surface area (Å²) in [7, 11) is -2.01. The Balaban J connectivity index is 2.91. The van der Waals surface area contributed by atoms with Crippen molar-refractivity contribution in [3.05, 3.63) is 53.0 Å². The minimum absolute atomic E-state index is 0.0511. The van der Waals surface area contributed by atoms with Crippen molar-refractivity contribution in [1.29, 1.82) is 0 Å². The van der Waals surface area contributed by atoms with E-state index in [0.29, 0.717) is 0 Å². The molecule has 0 aliphatic heterocycles. The first-order valence-corrected chi connectivity index (χ1v) is 6.66. The molecule has 1 unspecified atom stereocenters. The third-order valence-corrected chi connectivity index (χ3v) is 3.51. The number of alkyl halides is 3. The first-order chi connectivity index (χ1) is 8.45. The molecule has 1 atom stereocenters. The highest BCUT2D eigenvalue weighted by Gasteiger charge is 2.36. The van der Waals surface area contributed by atoms with Crippen LogP contribution in [-0.4, -0.2) is 16.1 Å². The molecular weight excluding hydrogens is 261 g/mol. The fourth-order valence-electron chi connectivity index (χ4n) is 1.27. The molecule has 0 spiro atoms. The van der Waals surface area contributed by atoms with E-state index in [2.05, 4.69) is 0 Å². The maximum absolute atomic E-state index is 12.6. The normalized spacial score (nSPS) is 15.0. The summed E-state index contributed by atoms with van der Waals surface area (Å²) >= 11 is 0. The number of allylic oxidation sites excluding steroid dienone is 3. The predicted octanol–water partition coefficient (Wildman–Crippen LogP) is 3.91. The third kappa shape index (κ3) is 4.49. The molecule has 0 aliphatic rings. The van der Waals surface area contributed by atoms with Crippen LogP contribution in [-0.2, 0) is 10.8 Å². The van der Waals surface area contributed by atoms with Gasteiger partial charge >= 0.3 is 6.18 Å². The lowest BCUT2D eigenvalue weighted by atomic mass is 10.2. The van der Waals surface area contributed by atoms with Crippen LogP contribution in [0, 0.1) is 0 Å². The van der Waals surface area contributed by atoms with Gasteiger partial charge in [0.2, 0.25) is 0 Å². The monoisotopic (exact) mass is 274 g/mol. The van der Waals surface area contributed by atoms with Crippen LogP contribution in [0.5, 0.6) is 0 Å². The molecule has 18 heavy (non-hydrogen) atoms. The van der Waals surface area contributed by atoms with E-state index in [1.165, 1.54) is 13.0 Å². The molecule has 0 N–H and O–H groups in total. The lowest BCUT2D eigenvalue weighted by Crippen LogP contribution is -2.17. The molecule has 5 heteroatoms. The zero-order valence-corrected chi connectivity index (χ0v) is 10.6. The molecule has 1 nitrogen and oxygen atoms in total. The highest BCUT2D eigenvalue weighted by Crippen LogP contribution is 2.28. The van der Waals surface area contributed by atoms with Crippen molar-refractivity contribution in [3.8, 4) is 0 Å². The van der Waals surface area contributed by atoms with E-state index in [4.69, 9.17) is 0 Å². The lowest BCUT2D eigenvalue weighted by molar-refractivity contribution is -0.0840. The highest BCUT2D eigenvalue weighted by atomic mass is 32.2. The minimum atomic E-state index is -4.55. The molecule has 0 radical (unpaired) electrons. The molecule has 98 valence electrons. The Morgan fingerprint density at radius 3 is 2.39 bits per heavy atom. The minimum Gasteiger partial charge on any atom is -0.254 e. The standard InChI is InChI=1S/C13H13F3OS/c1-2-18(17)12(13(14,15)16)10-6-9-11-7-4-3-5-8-11/h3-10H,2H2,1H3/b9-6+,12-10+. The predicted molar refractivity (Wildman–Crippen MR) is 68.3 cm³/mol. The second kappa shape index (κ2) is 6.54. The second-order valence-corrected chi connectivity index (χ2v) is 5.14. The van der Waals surface area contributed by atoms with Gasteiger partial charge in [-0.1, -0.05) is 49.4 Å². The van der Waals surface area contributed by atoms with Gasteiger partial charge in [-0.25, -0.2) is 0 Å². The van der Waals surface area contributed by atoms with Crippen LogP contribution in [0.4, 0.5) is 13.2 Å². The van der Waals surface area contributed by atoms with Gasteiger partial charge in [-0.2, -0.15) is 13.2 Å². The summed E-state index contributed by atoms with van der Waals surface area (Å²) in [6.07, 6.45) is -0.876. The molecule has 0 saturated carbocycles. The van der Waals surface area contributed by atoms with Gasteiger partial charge in [-0.3, -0.25) is 4.21 Å². The number of rotatable bonds is 4. The molecular formula is C13H13F3OS. The summed E-state index contributed by atoms with van der Waals surface area (Å²) in [6, 6.07) is 8.94. The van der Waals surface area contributed by atoms with Gasteiger partial charge in [0.25, 0.3) is 0 Å². The lowest BCUT2D eigenvalue weighted by Gasteiger charge is -2.08. The van der Waals surface area contributed by atoms with Gasteiger partial charge in [-0.15, -0.1) is 0 Å². The zero-order valence-electron chi connectivity index (χ0n) is 9.78. The van der Waals surface area contributed by atoms with E-state index >= 15 is 0 Å². The van der Waals surface area contributed by atoms with Crippen LogP contribution < -0.4 is 0 Å². The molecule has 0 bridgehead atoms. The van der Waals surface area contributed by atoms with E-state index in [0.717, 1.165) is 11.6 Å². The maximum Gasteiger partial charge on any atom is 0.424 e. The SMILES string of the molecule is CCS(=O)/C(=C/C=C/c1ccccc1)C(F)(F)F. The molecule has 0 heterocycles. The number of halogens is 3. The Labute approximate surface area is 106 Å². The third-order valence-electron chi connectivity index (χ3n) is 2.12. The maximum atomic E-state index is 12.6. The second-order valence-electron chi connectivity index (χ2n) is 3.43. The van der Waals surface area contributed by atoms with Gasteiger partial charge in [0.1, 0.15) is 4.91 Å². The van der Waals surface area contributed by atoms with E-state index in [9.17, 15) is 17.4 Å². The van der Waals surface area contributed by atoms with Gasteiger partial charge in [0.15, 0.2) is 0 Å². The summed E-state index contributed by atoms with van der Waals surface area (Å²) in [4.78, 5) is -1.00. The van der Waals surface area contributed by atoms with Crippen molar-refractivity contribution < 1.29 is 17.4 Å². The Hall–Kier alpha value is -1.36. The zero-order chi connectivity index (χ0) is 13.6. The van der Waals surface area contributed by atoms with Crippen LogP contribution in [0.3, 0.4) is 0 Å². The van der Waals surface area contributed by atoms with Crippen molar-refractivity contribution in [2.75, 3.05) is 5.75 Å². The van der Waals surface area contributed by atoms with Gasteiger partial charge in [0, 0.05) is 5.75 Å². The van der Waals surface area contributed by atoms with Crippen LogP contribution in [0.2, 0.25) is 0 Å². The summed E-state index contributed by atoms with van der Waals surface area (Å²) in [6.45, 7) is 1.45. The average Bonchev–Trinajstić information content (AvgIpc) is 2.33. The number of hydrogen-bond donors (Lipinski definition) is 0. The largest absolute Gasteiger partial charge is 0.424 e. The van der Waals surface area contributed by atoms with Gasteiger partial charge in [-0.05, 0) is 11.6 Å². The fraction of sp³-hybridized carbons (Fsp3) is 0.231. The summed E-state index contributed by atoms with van der Waals surface area (Å²) in [5.41, 5.74) is 0.789. The van der Waals surface area contributed by atoms with Crippen LogP contribution in [0.1, 0.15) is 12.5 Å². The Morgan fingerprint density at radius 2 is 1.89 bits per heavy atom. The number of benzene rings is 1. The summed E-state index contributed by atoms with van der Waals surface area (Å²) in [5.74, 6) is -0.0511. The fourth-order valence-corrected chi connectivity index (χ4v) is 2.07. The molecule has 0 aliphatic carbocycles. The van der Waals surface area contributed by atoms with Crippen molar-refractivity contribution in [2.24, 2.45) is 0 Å². The van der Waals surface area contributed by atoms with Crippen molar-refractivity contribution >= 4 is 16.9 Å². The van der Waals surface area contributed by atoms with E-state index in [1.54, 1.807) is 30.3 Å². The molecule has 0 aromatic heterocycles. The topological polar surface area (TPSA) is 17.1 Å². The quantitative estimate of drug-likeness (QED) is 0.761. The van der Waals surface area contributed by atoms with Crippen LogP contribution in [0.25, 0.3) is 6.08 Å². The molecule has 1 aromatic carbocycles. The first-order valence-electron chi connectivity index (χ1n) is 5.34. The van der Waals surface area contributed by atoms with Crippen molar-refractivity contribution in [3.63, 3.8) is 0 Å². The first kappa shape index (κ1) is 14.7. The molecule has 0 saturated heterocycles. The summed E-state index contributed by atoms with van der Waals surface area (Å²) < 4.78 is 49.1. The van der Waals surface area contributed by atoms with Crippen LogP contribution >= 0.6 is 0 Å². The molecule has 1 rings (SSSR count). The highest BCUT2D eigenvalue weighted by molar-refractivity contribution is 7.89. The molecule has 1 aromatic rings. The summed E-state index contributed by atoms with van der Waals surface area (Å²) in [5, 5.41) is 0. The Bertz CT molecular complexity index is 461. The van der Waals surface area contributed by atoms with Crippen LogP contribution in [0.15, 0.2) is 47.4 Å². The average molecular weight is 274 g/mol. The van der Waals surface area contributed by atoms with Crippen molar-refractivity contribution in [1.82, 2.24) is 0 Å². The van der Waals surface area contributed by atoms with Gasteiger partial charge < -0.3 is 0 Å². The smallest absolute Gasteiger partial charge is 0.254 e. The number of hydrogen-bond acceptors (Lipinski definition) is 1. The van der Waals surface area contributed by atoms with Gasteiger partial charge in [0.05, 0.1) is 10.8 Å².